The number of hydrogen-bond acceptors (Lipinski definition) is 4. The van der Waals surface area contributed by atoms with Gasteiger partial charge in [-0.25, -0.2) is 9.07 Å². The summed E-state index contributed by atoms with van der Waals surface area (Å²) < 4.78 is 15.6. The van der Waals surface area contributed by atoms with Crippen molar-refractivity contribution in [2.75, 3.05) is 5.73 Å². The first-order chi connectivity index (χ1) is 16.5. The Morgan fingerprint density at radius 3 is 2.82 bits per heavy atom. The number of aromatic nitrogens is 6. The molecule has 0 amide bonds. The minimum absolute atomic E-state index is 0.333. The van der Waals surface area contributed by atoms with Crippen LogP contribution in [0.25, 0.3) is 33.1 Å². The van der Waals surface area contributed by atoms with Gasteiger partial charge in [0.25, 0.3) is 0 Å². The molecule has 2 aromatic carbocycles. The van der Waals surface area contributed by atoms with Gasteiger partial charge in [-0.1, -0.05) is 17.3 Å². The lowest BCUT2D eigenvalue weighted by Gasteiger charge is -2.66. The van der Waals surface area contributed by atoms with Crippen molar-refractivity contribution < 1.29 is 4.39 Å². The highest BCUT2D eigenvalue weighted by Crippen LogP contribution is 2.71. The van der Waals surface area contributed by atoms with Crippen LogP contribution in [0.2, 0.25) is 0 Å². The smallest absolute Gasteiger partial charge is 0.113 e. The van der Waals surface area contributed by atoms with Crippen molar-refractivity contribution in [3.05, 3.63) is 60.0 Å². The van der Waals surface area contributed by atoms with Gasteiger partial charge in [-0.2, -0.15) is 5.10 Å². The zero-order chi connectivity index (χ0) is 22.9. The van der Waals surface area contributed by atoms with Crippen molar-refractivity contribution >= 4 is 27.5 Å². The Bertz CT molecular complexity index is 1520. The normalized spacial score (nSPS) is 23.3. The first-order valence-electron chi connectivity index (χ1n) is 11.9. The molecule has 0 radical (unpaired) electrons. The number of halogens is 1. The number of H-pyrrole nitrogens is 2. The van der Waals surface area contributed by atoms with Crippen molar-refractivity contribution in [3.63, 3.8) is 0 Å². The first-order valence-corrected chi connectivity index (χ1v) is 11.9. The number of rotatable bonds is 7. The van der Waals surface area contributed by atoms with E-state index < -0.39 is 5.67 Å². The van der Waals surface area contributed by atoms with E-state index in [2.05, 4.69) is 49.8 Å². The topological polar surface area (TPSA) is 101 Å². The van der Waals surface area contributed by atoms with E-state index in [1.54, 1.807) is 6.20 Å². The van der Waals surface area contributed by atoms with E-state index in [0.717, 1.165) is 71.8 Å². The number of alkyl halides is 1. The van der Waals surface area contributed by atoms with E-state index in [0.29, 0.717) is 17.6 Å². The summed E-state index contributed by atoms with van der Waals surface area (Å²) in [6, 6.07) is 12.5. The van der Waals surface area contributed by atoms with Crippen LogP contribution in [0.5, 0.6) is 0 Å². The maximum atomic E-state index is 13.7. The summed E-state index contributed by atoms with van der Waals surface area (Å²) in [5.41, 5.74) is 12.4. The van der Waals surface area contributed by atoms with Crippen LogP contribution >= 0.6 is 0 Å². The second-order valence-electron chi connectivity index (χ2n) is 10.5. The molecule has 4 N–H and O–H groups in total. The van der Waals surface area contributed by atoms with Gasteiger partial charge in [-0.05, 0) is 79.2 Å². The molecule has 8 heteroatoms. The molecule has 0 unspecified atom stereocenters. The molecule has 3 heterocycles. The van der Waals surface area contributed by atoms with E-state index in [4.69, 9.17) is 5.73 Å². The Kier molecular flexibility index (Phi) is 4.02. The number of fused-ring (bicyclic) bond motifs is 2. The van der Waals surface area contributed by atoms with Crippen molar-refractivity contribution in [1.82, 2.24) is 30.2 Å². The maximum absolute atomic E-state index is 13.7. The largest absolute Gasteiger partial charge is 0.399 e. The molecule has 2 bridgehead atoms. The highest BCUT2D eigenvalue weighted by atomic mass is 19.1. The summed E-state index contributed by atoms with van der Waals surface area (Å²) in [7, 11) is 0. The number of nitrogens with two attached hydrogens (primary N) is 1. The molecule has 3 fully saturated rings. The Hall–Kier alpha value is -3.68. The lowest BCUT2D eigenvalue weighted by atomic mass is 9.41. The zero-order valence-corrected chi connectivity index (χ0v) is 18.8. The molecule has 0 aliphatic heterocycles. The van der Waals surface area contributed by atoms with Crippen molar-refractivity contribution in [2.24, 2.45) is 5.41 Å². The van der Waals surface area contributed by atoms with E-state index in [1.807, 2.05) is 23.0 Å². The fourth-order valence-corrected chi connectivity index (χ4v) is 6.22. The number of benzene rings is 2. The predicted octanol–water partition coefficient (Wildman–Crippen LogP) is 5.15. The molecule has 34 heavy (non-hydrogen) atoms. The summed E-state index contributed by atoms with van der Waals surface area (Å²) >= 11 is 0. The molecule has 3 saturated carbocycles. The molecule has 3 aromatic heterocycles. The molecule has 8 rings (SSSR count). The minimum Gasteiger partial charge on any atom is -0.399 e. The van der Waals surface area contributed by atoms with Gasteiger partial charge in [0.2, 0.25) is 0 Å². The van der Waals surface area contributed by atoms with Crippen molar-refractivity contribution in [3.8, 4) is 11.3 Å². The van der Waals surface area contributed by atoms with E-state index in [1.165, 1.54) is 11.1 Å². The standard InChI is InChI=1S/C26H26FN7/c27-26-13-25(14-26,15-26)5-1-2-19-7-17-4-3-16(6-22(17)30-19)11-34-12-24(32-33-34)20-8-18(28)9-23-21(20)10-29-31-23/h3-4,6-10,12,30H,1-2,5,11,13-15,28H2,(H,29,31). The molecule has 0 saturated heterocycles. The first kappa shape index (κ1) is 19.8. The summed E-state index contributed by atoms with van der Waals surface area (Å²) in [5.74, 6) is 0. The summed E-state index contributed by atoms with van der Waals surface area (Å²) in [4.78, 5) is 3.58. The predicted molar refractivity (Wildman–Crippen MR) is 130 cm³/mol. The van der Waals surface area contributed by atoms with E-state index in [-0.39, 0.29) is 0 Å². The van der Waals surface area contributed by atoms with E-state index >= 15 is 0 Å². The van der Waals surface area contributed by atoms with Gasteiger partial charge in [0, 0.05) is 27.8 Å². The molecule has 0 atom stereocenters. The molecule has 5 aromatic rings. The third-order valence-corrected chi connectivity index (χ3v) is 7.71. The average molecular weight is 456 g/mol. The average Bonchev–Trinajstić information content (AvgIpc) is 3.50. The summed E-state index contributed by atoms with van der Waals surface area (Å²) in [6.07, 6.45) is 9.39. The fraction of sp³-hybridized carbons (Fsp3) is 0.346. The van der Waals surface area contributed by atoms with Gasteiger partial charge in [0.05, 0.1) is 24.5 Å². The fourth-order valence-electron chi connectivity index (χ4n) is 6.22. The van der Waals surface area contributed by atoms with Gasteiger partial charge in [-0.3, -0.25) is 5.10 Å². The highest BCUT2D eigenvalue weighted by molar-refractivity contribution is 5.95. The second-order valence-corrected chi connectivity index (χ2v) is 10.5. The minimum atomic E-state index is -0.789. The molecule has 3 aliphatic rings. The molecule has 0 spiro atoms. The zero-order valence-electron chi connectivity index (χ0n) is 18.8. The quantitative estimate of drug-likeness (QED) is 0.296. The number of nitrogens with zero attached hydrogens (tertiary/aromatic N) is 4. The second kappa shape index (κ2) is 6.91. The van der Waals surface area contributed by atoms with Gasteiger partial charge < -0.3 is 10.7 Å². The van der Waals surface area contributed by atoms with Crippen LogP contribution in [0, 0.1) is 5.41 Å². The van der Waals surface area contributed by atoms with Gasteiger partial charge >= 0.3 is 0 Å². The van der Waals surface area contributed by atoms with Crippen LogP contribution in [0.4, 0.5) is 10.1 Å². The lowest BCUT2D eigenvalue weighted by Crippen LogP contribution is -2.64. The monoisotopic (exact) mass is 455 g/mol. The van der Waals surface area contributed by atoms with Crippen LogP contribution in [-0.4, -0.2) is 35.8 Å². The Labute approximate surface area is 195 Å². The number of anilines is 1. The maximum Gasteiger partial charge on any atom is 0.113 e. The van der Waals surface area contributed by atoms with Crippen LogP contribution in [0.15, 0.2) is 48.8 Å². The number of aromatic amines is 2. The Morgan fingerprint density at radius 2 is 1.97 bits per heavy atom. The van der Waals surface area contributed by atoms with Crippen LogP contribution in [0.1, 0.15) is 43.4 Å². The summed E-state index contributed by atoms with van der Waals surface area (Å²) in [6.45, 7) is 0.627. The number of nitrogen functional groups attached to an aromatic ring is 1. The van der Waals surface area contributed by atoms with Crippen LogP contribution in [-0.2, 0) is 13.0 Å². The van der Waals surface area contributed by atoms with E-state index in [9.17, 15) is 4.39 Å². The van der Waals surface area contributed by atoms with Gasteiger partial charge in [-0.15, -0.1) is 5.10 Å². The molecular weight excluding hydrogens is 429 g/mol. The molecule has 172 valence electrons. The summed E-state index contributed by atoms with van der Waals surface area (Å²) in [5, 5.41) is 18.0. The van der Waals surface area contributed by atoms with Gasteiger partial charge in [0.15, 0.2) is 0 Å². The Morgan fingerprint density at radius 1 is 1.09 bits per heavy atom. The number of hydrogen-bond donors (Lipinski definition) is 3. The van der Waals surface area contributed by atoms with Crippen LogP contribution < -0.4 is 5.73 Å². The highest BCUT2D eigenvalue weighted by Gasteiger charge is 2.68. The third-order valence-electron chi connectivity index (χ3n) is 7.71. The Balaban J connectivity index is 1.06. The third kappa shape index (κ3) is 3.20. The van der Waals surface area contributed by atoms with Crippen molar-refractivity contribution in [2.45, 2.75) is 50.7 Å². The van der Waals surface area contributed by atoms with Gasteiger partial charge in [0.1, 0.15) is 11.4 Å². The van der Waals surface area contributed by atoms with Crippen LogP contribution in [0.3, 0.4) is 0 Å². The molecular formula is C26H26FN7. The lowest BCUT2D eigenvalue weighted by molar-refractivity contribution is -0.216. The SMILES string of the molecule is Nc1cc(-c2cn(Cc3ccc4cc(CCCC56CC(F)(C5)C6)[nH]c4c3)nn2)c2cn[nH]c2c1. The van der Waals surface area contributed by atoms with Crippen molar-refractivity contribution in [1.29, 1.82) is 0 Å². The number of aryl methyl sites for hydroxylation is 1. The molecule has 3 aliphatic carbocycles. The number of nitrogens with one attached hydrogen (secondary N) is 2. The molecule has 7 nitrogen and oxygen atoms in total.